The first kappa shape index (κ1) is 21.2. The first-order chi connectivity index (χ1) is 20.3. The average Bonchev–Trinajstić information content (AvgIpc) is 3.78. The smallest absolute Gasteiger partial charge is 0.228 e. The lowest BCUT2D eigenvalue weighted by Crippen LogP contribution is -1.87. The fourth-order valence-corrected chi connectivity index (χ4v) is 6.53. The van der Waals surface area contributed by atoms with Crippen molar-refractivity contribution in [2.75, 3.05) is 0 Å². The van der Waals surface area contributed by atoms with E-state index in [2.05, 4.69) is 48.5 Å². The van der Waals surface area contributed by atoms with Crippen LogP contribution in [0.15, 0.2) is 122 Å². The fraction of sp³-hybridized carbons (Fsp3) is 0. The van der Waals surface area contributed by atoms with Crippen molar-refractivity contribution < 1.29 is 13.3 Å². The Hall–Kier alpha value is -5.68. The van der Waals surface area contributed by atoms with Gasteiger partial charge in [0.15, 0.2) is 11.2 Å². The lowest BCUT2D eigenvalue weighted by molar-refractivity contribution is 0.618. The zero-order valence-corrected chi connectivity index (χ0v) is 21.5. The molecule has 3 heterocycles. The number of hydrogen-bond donors (Lipinski definition) is 0. The van der Waals surface area contributed by atoms with E-state index in [4.69, 9.17) is 23.2 Å². The SMILES string of the molecule is c1ccc(-c2nc3cc4oc(-c5c6c(cc7oc8ccccc8c57)-c5cccc7cccc-6c57)nc4cc3o2)cc1. The summed E-state index contributed by atoms with van der Waals surface area (Å²) in [6.07, 6.45) is 0. The van der Waals surface area contributed by atoms with E-state index in [1.54, 1.807) is 0 Å². The maximum absolute atomic E-state index is 6.59. The molecule has 6 aromatic carbocycles. The summed E-state index contributed by atoms with van der Waals surface area (Å²) in [5.74, 6) is 1.13. The van der Waals surface area contributed by atoms with Crippen molar-refractivity contribution in [3.05, 3.63) is 109 Å². The minimum atomic E-state index is 0.550. The number of para-hydroxylation sites is 1. The van der Waals surface area contributed by atoms with Gasteiger partial charge in [-0.25, -0.2) is 9.97 Å². The molecule has 0 saturated heterocycles. The van der Waals surface area contributed by atoms with Gasteiger partial charge in [0.2, 0.25) is 11.8 Å². The summed E-state index contributed by atoms with van der Waals surface area (Å²) in [7, 11) is 0. The summed E-state index contributed by atoms with van der Waals surface area (Å²) < 4.78 is 19.1. The van der Waals surface area contributed by atoms with Crippen LogP contribution in [0.5, 0.6) is 0 Å². The van der Waals surface area contributed by atoms with Crippen LogP contribution in [-0.4, -0.2) is 9.97 Å². The van der Waals surface area contributed by atoms with Crippen molar-refractivity contribution in [1.29, 1.82) is 0 Å². The van der Waals surface area contributed by atoms with Gasteiger partial charge in [-0.05, 0) is 51.7 Å². The lowest BCUT2D eigenvalue weighted by atomic mass is 9.93. The fourth-order valence-electron chi connectivity index (χ4n) is 6.53. The van der Waals surface area contributed by atoms with Gasteiger partial charge in [0.1, 0.15) is 22.2 Å². The molecule has 5 heteroatoms. The molecule has 0 atom stereocenters. The predicted octanol–water partition coefficient (Wildman–Crippen LogP) is 10.0. The lowest BCUT2D eigenvalue weighted by Gasteiger charge is -2.09. The minimum absolute atomic E-state index is 0.550. The zero-order valence-electron chi connectivity index (χ0n) is 21.5. The Bertz CT molecular complexity index is 2480. The molecular formula is C36H18N2O3. The highest BCUT2D eigenvalue weighted by Gasteiger charge is 2.30. The van der Waals surface area contributed by atoms with Gasteiger partial charge in [-0.1, -0.05) is 72.8 Å². The van der Waals surface area contributed by atoms with Crippen LogP contribution in [0, 0.1) is 0 Å². The van der Waals surface area contributed by atoms with E-state index in [0.717, 1.165) is 55.2 Å². The third-order valence-electron chi connectivity index (χ3n) is 8.26. The van der Waals surface area contributed by atoms with Crippen molar-refractivity contribution in [3.63, 3.8) is 0 Å². The molecule has 10 rings (SSSR count). The normalized spacial score (nSPS) is 12.4. The molecule has 0 fully saturated rings. The maximum atomic E-state index is 6.59. The van der Waals surface area contributed by atoms with E-state index < -0.39 is 0 Å². The standard InChI is InChI=1S/C36H18N2O3/c1-2-8-20(9-3-1)35-37-25-17-29-26(18-28(25)40-35)38-36(41-29)34-32-23-14-7-11-19-10-6-13-21(31(19)23)24(32)16-30-33(34)22-12-4-5-15-27(22)39-30/h1-18H. The molecule has 0 N–H and O–H groups in total. The number of fused-ring (bicyclic) bond motifs is 8. The van der Waals surface area contributed by atoms with Crippen LogP contribution in [0.2, 0.25) is 0 Å². The Morgan fingerprint density at radius 2 is 1.15 bits per heavy atom. The number of benzene rings is 6. The number of oxazole rings is 2. The van der Waals surface area contributed by atoms with Gasteiger partial charge < -0.3 is 13.3 Å². The number of rotatable bonds is 2. The summed E-state index contributed by atoms with van der Waals surface area (Å²) in [6.45, 7) is 0. The second-order valence-electron chi connectivity index (χ2n) is 10.5. The molecule has 9 aromatic rings. The molecule has 0 amide bonds. The number of hydrogen-bond acceptors (Lipinski definition) is 5. The number of furan rings is 1. The van der Waals surface area contributed by atoms with E-state index in [1.165, 1.54) is 21.9 Å². The second kappa shape index (κ2) is 7.49. The molecule has 1 aliphatic carbocycles. The molecule has 41 heavy (non-hydrogen) atoms. The zero-order chi connectivity index (χ0) is 26.7. The van der Waals surface area contributed by atoms with Crippen molar-refractivity contribution in [1.82, 2.24) is 9.97 Å². The Balaban J connectivity index is 1.28. The average molecular weight is 527 g/mol. The molecule has 0 radical (unpaired) electrons. The molecule has 3 aromatic heterocycles. The van der Waals surface area contributed by atoms with E-state index in [-0.39, 0.29) is 0 Å². The van der Waals surface area contributed by atoms with Gasteiger partial charge in [0, 0.05) is 34.0 Å². The van der Waals surface area contributed by atoms with Crippen LogP contribution in [0.1, 0.15) is 0 Å². The van der Waals surface area contributed by atoms with Gasteiger partial charge in [0.25, 0.3) is 0 Å². The van der Waals surface area contributed by atoms with Gasteiger partial charge >= 0.3 is 0 Å². The summed E-state index contributed by atoms with van der Waals surface area (Å²) in [6, 6.07) is 37.0. The highest BCUT2D eigenvalue weighted by atomic mass is 16.4. The molecule has 5 nitrogen and oxygen atoms in total. The van der Waals surface area contributed by atoms with E-state index in [0.29, 0.717) is 22.9 Å². The summed E-state index contributed by atoms with van der Waals surface area (Å²) in [4.78, 5) is 9.80. The topological polar surface area (TPSA) is 65.2 Å². The minimum Gasteiger partial charge on any atom is -0.456 e. The summed E-state index contributed by atoms with van der Waals surface area (Å²) >= 11 is 0. The van der Waals surface area contributed by atoms with Crippen LogP contribution in [0.25, 0.3) is 100 Å². The molecule has 190 valence electrons. The van der Waals surface area contributed by atoms with E-state index in [9.17, 15) is 0 Å². The predicted molar refractivity (Wildman–Crippen MR) is 162 cm³/mol. The van der Waals surface area contributed by atoms with Crippen LogP contribution in [0.4, 0.5) is 0 Å². The molecule has 0 saturated carbocycles. The van der Waals surface area contributed by atoms with Gasteiger partial charge in [-0.3, -0.25) is 0 Å². The largest absolute Gasteiger partial charge is 0.456 e. The van der Waals surface area contributed by atoms with Gasteiger partial charge in [-0.15, -0.1) is 0 Å². The quantitative estimate of drug-likeness (QED) is 0.224. The first-order valence-electron chi connectivity index (χ1n) is 13.6. The Morgan fingerprint density at radius 3 is 1.98 bits per heavy atom. The molecule has 0 spiro atoms. The third-order valence-corrected chi connectivity index (χ3v) is 8.26. The van der Waals surface area contributed by atoms with Crippen molar-refractivity contribution in [2.45, 2.75) is 0 Å². The van der Waals surface area contributed by atoms with Crippen LogP contribution < -0.4 is 0 Å². The highest BCUT2D eigenvalue weighted by Crippen LogP contribution is 2.54. The third kappa shape index (κ3) is 2.79. The van der Waals surface area contributed by atoms with Crippen molar-refractivity contribution in [3.8, 4) is 45.2 Å². The van der Waals surface area contributed by atoms with Crippen LogP contribution in [0.3, 0.4) is 0 Å². The second-order valence-corrected chi connectivity index (χ2v) is 10.5. The summed E-state index contributed by atoms with van der Waals surface area (Å²) in [5, 5.41) is 4.49. The molecule has 0 aliphatic heterocycles. The molecule has 0 unspecified atom stereocenters. The van der Waals surface area contributed by atoms with Crippen molar-refractivity contribution >= 4 is 54.9 Å². The number of nitrogens with zero attached hydrogens (tertiary/aromatic N) is 2. The molecular weight excluding hydrogens is 508 g/mol. The van der Waals surface area contributed by atoms with Crippen LogP contribution in [-0.2, 0) is 0 Å². The van der Waals surface area contributed by atoms with Gasteiger partial charge in [-0.2, -0.15) is 0 Å². The molecule has 0 bridgehead atoms. The van der Waals surface area contributed by atoms with Crippen LogP contribution >= 0.6 is 0 Å². The maximum Gasteiger partial charge on any atom is 0.228 e. The Labute approximate surface area is 232 Å². The number of aromatic nitrogens is 2. The van der Waals surface area contributed by atoms with Crippen molar-refractivity contribution in [2.24, 2.45) is 0 Å². The van der Waals surface area contributed by atoms with E-state index in [1.807, 2.05) is 60.7 Å². The summed E-state index contributed by atoms with van der Waals surface area (Å²) in [5.41, 5.74) is 10.9. The highest BCUT2D eigenvalue weighted by molar-refractivity contribution is 6.25. The van der Waals surface area contributed by atoms with Gasteiger partial charge in [0.05, 0.1) is 5.56 Å². The monoisotopic (exact) mass is 526 g/mol. The first-order valence-corrected chi connectivity index (χ1v) is 13.6. The Kier molecular flexibility index (Phi) is 3.87. The molecule has 1 aliphatic rings. The Morgan fingerprint density at radius 1 is 0.439 bits per heavy atom. The van der Waals surface area contributed by atoms with E-state index >= 15 is 0 Å².